The minimum absolute atomic E-state index is 0.0226. The molecule has 1 aromatic carbocycles. The minimum atomic E-state index is -1.51. The third-order valence-corrected chi connectivity index (χ3v) is 7.69. The second kappa shape index (κ2) is 9.74. The summed E-state index contributed by atoms with van der Waals surface area (Å²) in [5, 5.41) is 12.1. The van der Waals surface area contributed by atoms with Gasteiger partial charge in [0, 0.05) is 22.9 Å². The number of hydrogen-bond acceptors (Lipinski definition) is 7. The summed E-state index contributed by atoms with van der Waals surface area (Å²) in [6.45, 7) is 3.90. The zero-order valence-electron chi connectivity index (χ0n) is 21.6. The van der Waals surface area contributed by atoms with Gasteiger partial charge >= 0.3 is 5.97 Å². The Morgan fingerprint density at radius 3 is 2.70 bits per heavy atom. The summed E-state index contributed by atoms with van der Waals surface area (Å²) < 4.78 is 12.3. The number of ketones is 1. The summed E-state index contributed by atoms with van der Waals surface area (Å²) in [5.41, 5.74) is 1.83. The van der Waals surface area contributed by atoms with E-state index in [1.807, 2.05) is 12.1 Å². The molecule has 0 aliphatic carbocycles. The van der Waals surface area contributed by atoms with Crippen molar-refractivity contribution in [2.24, 2.45) is 0 Å². The lowest BCUT2D eigenvalue weighted by molar-refractivity contribution is -0.149. The fourth-order valence-corrected chi connectivity index (χ4v) is 5.54. The number of cyclic esters (lactones) is 1. The number of ether oxygens (including phenoxy) is 2. The first-order valence-electron chi connectivity index (χ1n) is 13.0. The number of rotatable bonds is 8. The number of esters is 1. The van der Waals surface area contributed by atoms with Crippen LogP contribution in [0.2, 0.25) is 0 Å². The van der Waals surface area contributed by atoms with E-state index in [1.165, 1.54) is 0 Å². The molecule has 4 heterocycles. The molecule has 3 aromatic rings. The molecule has 1 atom stereocenters. The van der Waals surface area contributed by atoms with E-state index >= 15 is 0 Å². The number of benzene rings is 1. The molecule has 8 heteroatoms. The summed E-state index contributed by atoms with van der Waals surface area (Å²) in [4.78, 5) is 44.4. The molecule has 2 aromatic heterocycles. The van der Waals surface area contributed by atoms with Crippen LogP contribution in [0.5, 0.6) is 5.75 Å². The average molecular weight is 505 g/mol. The van der Waals surface area contributed by atoms with Crippen molar-refractivity contribution in [1.82, 2.24) is 9.55 Å². The summed E-state index contributed by atoms with van der Waals surface area (Å²) in [6, 6.07) is 7.21. The molecule has 37 heavy (non-hydrogen) atoms. The van der Waals surface area contributed by atoms with Gasteiger partial charge in [0.15, 0.2) is 5.78 Å². The molecule has 0 fully saturated rings. The van der Waals surface area contributed by atoms with E-state index in [9.17, 15) is 19.5 Å². The summed E-state index contributed by atoms with van der Waals surface area (Å²) >= 11 is 0. The predicted octanol–water partition coefficient (Wildman–Crippen LogP) is 4.63. The highest BCUT2D eigenvalue weighted by atomic mass is 16.5. The van der Waals surface area contributed by atoms with Crippen molar-refractivity contribution in [2.75, 3.05) is 7.11 Å². The Kier molecular flexibility index (Phi) is 6.62. The van der Waals surface area contributed by atoms with Crippen LogP contribution in [-0.2, 0) is 28.3 Å². The van der Waals surface area contributed by atoms with Crippen LogP contribution >= 0.6 is 0 Å². The third kappa shape index (κ3) is 4.23. The fraction of sp³-hybridized carbons (Fsp3) is 0.448. The number of nitrogens with zero attached hydrogens (tertiary/aromatic N) is 2. The van der Waals surface area contributed by atoms with Crippen molar-refractivity contribution in [1.29, 1.82) is 0 Å². The van der Waals surface area contributed by atoms with Crippen LogP contribution in [0.4, 0.5) is 0 Å². The van der Waals surface area contributed by atoms with Crippen molar-refractivity contribution in [3.8, 4) is 17.1 Å². The maximum atomic E-state index is 13.7. The number of methoxy groups -OCH3 is 1. The maximum absolute atomic E-state index is 13.7. The van der Waals surface area contributed by atoms with Crippen LogP contribution < -0.4 is 10.3 Å². The maximum Gasteiger partial charge on any atom is 0.309 e. The van der Waals surface area contributed by atoms with E-state index in [0.29, 0.717) is 51.2 Å². The van der Waals surface area contributed by atoms with Gasteiger partial charge < -0.3 is 19.1 Å². The SMILES string of the molecule is CCCCCCC(=O)c1c2c(nc3ccc(OC)cc13)-c1cc3c(c(=O)n1C2)COC(=O)CC3(O)CC. The van der Waals surface area contributed by atoms with Crippen LogP contribution in [-0.4, -0.2) is 33.5 Å². The van der Waals surface area contributed by atoms with E-state index in [1.54, 1.807) is 30.7 Å². The van der Waals surface area contributed by atoms with Gasteiger partial charge in [-0.05, 0) is 42.7 Å². The number of pyridine rings is 2. The Labute approximate surface area is 215 Å². The molecular weight excluding hydrogens is 472 g/mol. The normalized spacial score (nSPS) is 18.1. The van der Waals surface area contributed by atoms with Crippen LogP contribution in [0.3, 0.4) is 0 Å². The van der Waals surface area contributed by atoms with Crippen molar-refractivity contribution >= 4 is 22.7 Å². The lowest BCUT2D eigenvalue weighted by Gasteiger charge is -2.26. The molecule has 1 unspecified atom stereocenters. The highest BCUT2D eigenvalue weighted by molar-refractivity contribution is 6.10. The lowest BCUT2D eigenvalue weighted by Crippen LogP contribution is -2.32. The third-order valence-electron chi connectivity index (χ3n) is 7.69. The Balaban J connectivity index is 1.71. The number of Topliss-reactive ketones (excluding diaryl/α,β-unsaturated/α-hetero) is 1. The first-order chi connectivity index (χ1) is 17.8. The summed E-state index contributed by atoms with van der Waals surface area (Å²) in [6.07, 6.45) is 4.38. The molecule has 2 aliphatic rings. The van der Waals surface area contributed by atoms with E-state index in [0.717, 1.165) is 25.7 Å². The van der Waals surface area contributed by atoms with E-state index < -0.39 is 11.6 Å². The predicted molar refractivity (Wildman–Crippen MR) is 139 cm³/mol. The monoisotopic (exact) mass is 504 g/mol. The van der Waals surface area contributed by atoms with E-state index in [-0.39, 0.29) is 42.9 Å². The molecular formula is C29H32N2O6. The van der Waals surface area contributed by atoms with Crippen LogP contribution in [0, 0.1) is 0 Å². The van der Waals surface area contributed by atoms with Gasteiger partial charge in [-0.25, -0.2) is 4.98 Å². The molecule has 1 N–H and O–H groups in total. The number of hydrogen-bond donors (Lipinski definition) is 1. The topological polar surface area (TPSA) is 108 Å². The van der Waals surface area contributed by atoms with Gasteiger partial charge in [-0.1, -0.05) is 33.1 Å². The van der Waals surface area contributed by atoms with Gasteiger partial charge in [0.1, 0.15) is 18.0 Å². The van der Waals surface area contributed by atoms with Crippen molar-refractivity contribution in [2.45, 2.75) is 77.5 Å². The number of aliphatic hydroxyl groups is 1. The van der Waals surface area contributed by atoms with Crippen LogP contribution in [0.1, 0.15) is 85.8 Å². The first-order valence-corrected chi connectivity index (χ1v) is 13.0. The number of carbonyl (C=O) groups is 2. The highest BCUT2D eigenvalue weighted by Gasteiger charge is 2.40. The summed E-state index contributed by atoms with van der Waals surface area (Å²) in [5.74, 6) is 0.109. The number of fused-ring (bicyclic) bond motifs is 5. The Bertz CT molecular complexity index is 1470. The zero-order chi connectivity index (χ0) is 26.3. The minimum Gasteiger partial charge on any atom is -0.497 e. The Hall–Kier alpha value is -3.52. The molecule has 5 rings (SSSR count). The van der Waals surface area contributed by atoms with Gasteiger partial charge in [0.25, 0.3) is 5.56 Å². The lowest BCUT2D eigenvalue weighted by atomic mass is 9.85. The van der Waals surface area contributed by atoms with Gasteiger partial charge in [0.2, 0.25) is 0 Å². The largest absolute Gasteiger partial charge is 0.497 e. The molecule has 0 radical (unpaired) electrons. The number of carbonyl (C=O) groups excluding carboxylic acids is 2. The first kappa shape index (κ1) is 25.1. The second-order valence-corrected chi connectivity index (χ2v) is 9.97. The van der Waals surface area contributed by atoms with Gasteiger partial charge in [-0.2, -0.15) is 0 Å². The van der Waals surface area contributed by atoms with Crippen molar-refractivity contribution < 1.29 is 24.2 Å². The standard InChI is InChI=1S/C29H32N2O6/c1-4-6-7-8-9-24(32)26-18-12-17(36-3)10-11-22(18)30-27-19(26)15-31-23(27)13-21-20(28(31)34)16-37-25(33)14-29(21,35)5-2/h10-13,35H,4-9,14-16H2,1-3H3. The number of unbranched alkanes of at least 4 members (excludes halogenated alkanes) is 3. The van der Waals surface area contributed by atoms with Crippen LogP contribution in [0.25, 0.3) is 22.3 Å². The molecule has 8 nitrogen and oxygen atoms in total. The molecule has 0 saturated carbocycles. The summed E-state index contributed by atoms with van der Waals surface area (Å²) in [7, 11) is 1.58. The van der Waals surface area contributed by atoms with Gasteiger partial charge in [-0.3, -0.25) is 14.4 Å². The molecule has 194 valence electrons. The molecule has 2 aliphatic heterocycles. The number of aromatic nitrogens is 2. The molecule has 0 spiro atoms. The fourth-order valence-electron chi connectivity index (χ4n) is 5.54. The van der Waals surface area contributed by atoms with Crippen molar-refractivity contribution in [3.05, 3.63) is 56.9 Å². The smallest absolute Gasteiger partial charge is 0.309 e. The molecule has 0 bridgehead atoms. The Morgan fingerprint density at radius 2 is 1.97 bits per heavy atom. The second-order valence-electron chi connectivity index (χ2n) is 9.97. The zero-order valence-corrected chi connectivity index (χ0v) is 21.6. The average Bonchev–Trinajstić information content (AvgIpc) is 3.20. The highest BCUT2D eigenvalue weighted by Crippen LogP contribution is 2.41. The quantitative estimate of drug-likeness (QED) is 0.212. The van der Waals surface area contributed by atoms with Gasteiger partial charge in [-0.15, -0.1) is 0 Å². The Morgan fingerprint density at radius 1 is 1.16 bits per heavy atom. The molecule has 0 amide bonds. The van der Waals surface area contributed by atoms with E-state index in [2.05, 4.69) is 6.92 Å². The van der Waals surface area contributed by atoms with Crippen molar-refractivity contribution in [3.63, 3.8) is 0 Å². The van der Waals surface area contributed by atoms with Gasteiger partial charge in [0.05, 0.1) is 42.5 Å². The van der Waals surface area contributed by atoms with Crippen LogP contribution in [0.15, 0.2) is 29.1 Å². The van der Waals surface area contributed by atoms with E-state index in [4.69, 9.17) is 14.5 Å². The molecule has 0 saturated heterocycles.